The molecular weight excluding hydrogens is 166 g/mol. The van der Waals surface area contributed by atoms with Crippen LogP contribution in [0, 0.1) is 5.92 Å². The molecule has 2 aliphatic heterocycles. The molecule has 13 heavy (non-hydrogen) atoms. The van der Waals surface area contributed by atoms with Gasteiger partial charge in [0.05, 0.1) is 12.2 Å². The Morgan fingerprint density at radius 1 is 1.54 bits per heavy atom. The lowest BCUT2D eigenvalue weighted by Gasteiger charge is -2.40. The molecule has 3 atom stereocenters. The van der Waals surface area contributed by atoms with Gasteiger partial charge in [0, 0.05) is 18.6 Å². The predicted octanol–water partition coefficient (Wildman–Crippen LogP) is 0.526. The predicted molar refractivity (Wildman–Crippen MR) is 50.6 cm³/mol. The van der Waals surface area contributed by atoms with E-state index < -0.39 is 5.60 Å². The van der Waals surface area contributed by atoms with Crippen molar-refractivity contribution in [2.24, 2.45) is 5.92 Å². The van der Waals surface area contributed by atoms with Crippen LogP contribution in [-0.4, -0.2) is 36.5 Å². The Kier molecular flexibility index (Phi) is 2.58. The molecule has 3 nitrogen and oxygen atoms in total. The summed E-state index contributed by atoms with van der Waals surface area (Å²) in [5, 5.41) is 13.6. The normalized spacial score (nSPS) is 46.6. The number of hydrogen-bond acceptors (Lipinski definition) is 3. The van der Waals surface area contributed by atoms with Crippen LogP contribution in [0.25, 0.3) is 0 Å². The van der Waals surface area contributed by atoms with Crippen LogP contribution in [0.3, 0.4) is 0 Å². The zero-order chi connectivity index (χ0) is 9.31. The molecular formula is C10H19NO2. The third kappa shape index (κ3) is 1.87. The fourth-order valence-electron chi connectivity index (χ4n) is 2.46. The summed E-state index contributed by atoms with van der Waals surface area (Å²) >= 11 is 0. The molecule has 2 saturated heterocycles. The Bertz CT molecular complexity index is 176. The van der Waals surface area contributed by atoms with Crippen molar-refractivity contribution in [3.8, 4) is 0 Å². The van der Waals surface area contributed by atoms with Gasteiger partial charge in [-0.15, -0.1) is 0 Å². The first-order chi connectivity index (χ1) is 6.20. The van der Waals surface area contributed by atoms with E-state index in [-0.39, 0.29) is 5.92 Å². The molecule has 0 amide bonds. The van der Waals surface area contributed by atoms with Gasteiger partial charge in [-0.2, -0.15) is 0 Å². The molecule has 0 spiro atoms. The molecule has 0 saturated carbocycles. The molecule has 3 heteroatoms. The van der Waals surface area contributed by atoms with Crippen molar-refractivity contribution in [3.05, 3.63) is 0 Å². The molecule has 76 valence electrons. The SMILES string of the molecule is CC1(O)CCOCC1C1CCCN1. The molecule has 2 fully saturated rings. The van der Waals surface area contributed by atoms with E-state index in [1.54, 1.807) is 0 Å². The van der Waals surface area contributed by atoms with Crippen LogP contribution < -0.4 is 5.32 Å². The highest BCUT2D eigenvalue weighted by atomic mass is 16.5. The molecule has 3 unspecified atom stereocenters. The Balaban J connectivity index is 2.02. The number of rotatable bonds is 1. The zero-order valence-corrected chi connectivity index (χ0v) is 8.25. The molecule has 0 radical (unpaired) electrons. The number of ether oxygens (including phenoxy) is 1. The summed E-state index contributed by atoms with van der Waals surface area (Å²) in [6.07, 6.45) is 3.19. The Hall–Kier alpha value is -0.120. The lowest BCUT2D eigenvalue weighted by atomic mass is 9.80. The van der Waals surface area contributed by atoms with Crippen molar-refractivity contribution < 1.29 is 9.84 Å². The first-order valence-corrected chi connectivity index (χ1v) is 5.24. The van der Waals surface area contributed by atoms with Gasteiger partial charge >= 0.3 is 0 Å². The summed E-state index contributed by atoms with van der Waals surface area (Å²) in [6, 6.07) is 0.468. The van der Waals surface area contributed by atoms with Crippen LogP contribution in [0.4, 0.5) is 0 Å². The third-order valence-corrected chi connectivity index (χ3v) is 3.43. The third-order valence-electron chi connectivity index (χ3n) is 3.43. The van der Waals surface area contributed by atoms with Crippen molar-refractivity contribution in [1.82, 2.24) is 5.32 Å². The highest BCUT2D eigenvalue weighted by Crippen LogP contribution is 2.31. The smallest absolute Gasteiger partial charge is 0.0706 e. The van der Waals surface area contributed by atoms with Gasteiger partial charge in [-0.1, -0.05) is 0 Å². The van der Waals surface area contributed by atoms with Crippen LogP contribution in [-0.2, 0) is 4.74 Å². The molecule has 2 aliphatic rings. The van der Waals surface area contributed by atoms with Gasteiger partial charge in [-0.3, -0.25) is 0 Å². The van der Waals surface area contributed by atoms with Crippen LogP contribution >= 0.6 is 0 Å². The fraction of sp³-hybridized carbons (Fsp3) is 1.00. The maximum Gasteiger partial charge on any atom is 0.0706 e. The number of hydrogen-bond donors (Lipinski definition) is 2. The topological polar surface area (TPSA) is 41.5 Å². The molecule has 2 N–H and O–H groups in total. The highest BCUT2D eigenvalue weighted by Gasteiger charge is 2.40. The molecule has 0 aliphatic carbocycles. The van der Waals surface area contributed by atoms with E-state index in [0.717, 1.165) is 13.0 Å². The van der Waals surface area contributed by atoms with Crippen molar-refractivity contribution >= 4 is 0 Å². The summed E-state index contributed by atoms with van der Waals surface area (Å²) in [5.41, 5.74) is -0.528. The monoisotopic (exact) mass is 185 g/mol. The molecule has 0 aromatic rings. The second-order valence-corrected chi connectivity index (χ2v) is 4.49. The Labute approximate surface area is 79.5 Å². The minimum Gasteiger partial charge on any atom is -0.390 e. The first-order valence-electron chi connectivity index (χ1n) is 5.24. The zero-order valence-electron chi connectivity index (χ0n) is 8.25. The van der Waals surface area contributed by atoms with E-state index in [1.165, 1.54) is 12.8 Å². The molecule has 2 rings (SSSR count). The quantitative estimate of drug-likeness (QED) is 0.626. The maximum absolute atomic E-state index is 10.2. The van der Waals surface area contributed by atoms with Crippen molar-refractivity contribution in [1.29, 1.82) is 0 Å². The second-order valence-electron chi connectivity index (χ2n) is 4.49. The lowest BCUT2D eigenvalue weighted by Crippen LogP contribution is -2.51. The standard InChI is InChI=1S/C10H19NO2/c1-10(12)4-6-13-7-8(10)9-3-2-5-11-9/h8-9,11-12H,2-7H2,1H3. The van der Waals surface area contributed by atoms with Crippen LogP contribution in [0.2, 0.25) is 0 Å². The van der Waals surface area contributed by atoms with E-state index in [1.807, 2.05) is 6.92 Å². The van der Waals surface area contributed by atoms with Crippen LogP contribution in [0.5, 0.6) is 0 Å². The van der Waals surface area contributed by atoms with Crippen molar-refractivity contribution in [2.45, 2.75) is 37.8 Å². The van der Waals surface area contributed by atoms with Crippen LogP contribution in [0.1, 0.15) is 26.2 Å². The van der Waals surface area contributed by atoms with Crippen LogP contribution in [0.15, 0.2) is 0 Å². The van der Waals surface area contributed by atoms with E-state index in [9.17, 15) is 5.11 Å². The lowest BCUT2D eigenvalue weighted by molar-refractivity contribution is -0.110. The van der Waals surface area contributed by atoms with Gasteiger partial charge < -0.3 is 15.2 Å². The summed E-state index contributed by atoms with van der Waals surface area (Å²) in [5.74, 6) is 0.281. The fourth-order valence-corrected chi connectivity index (χ4v) is 2.46. The van der Waals surface area contributed by atoms with E-state index in [0.29, 0.717) is 19.3 Å². The number of aliphatic hydroxyl groups is 1. The summed E-state index contributed by atoms with van der Waals surface area (Å²) < 4.78 is 5.43. The van der Waals surface area contributed by atoms with Gasteiger partial charge in [-0.25, -0.2) is 0 Å². The summed E-state index contributed by atoms with van der Waals surface area (Å²) in [7, 11) is 0. The largest absolute Gasteiger partial charge is 0.390 e. The van der Waals surface area contributed by atoms with Gasteiger partial charge in [0.1, 0.15) is 0 Å². The van der Waals surface area contributed by atoms with Crippen molar-refractivity contribution in [2.75, 3.05) is 19.8 Å². The molecule has 2 heterocycles. The average Bonchev–Trinajstić information content (AvgIpc) is 2.55. The molecule has 0 aromatic heterocycles. The maximum atomic E-state index is 10.2. The van der Waals surface area contributed by atoms with Crippen molar-refractivity contribution in [3.63, 3.8) is 0 Å². The van der Waals surface area contributed by atoms with E-state index in [4.69, 9.17) is 4.74 Å². The first kappa shape index (κ1) is 9.44. The summed E-state index contributed by atoms with van der Waals surface area (Å²) in [4.78, 5) is 0. The molecule has 0 bridgehead atoms. The van der Waals surface area contributed by atoms with E-state index in [2.05, 4.69) is 5.32 Å². The highest BCUT2D eigenvalue weighted by molar-refractivity contribution is 4.94. The average molecular weight is 185 g/mol. The Morgan fingerprint density at radius 2 is 2.38 bits per heavy atom. The minimum absolute atomic E-state index is 0.281. The Morgan fingerprint density at radius 3 is 3.00 bits per heavy atom. The van der Waals surface area contributed by atoms with Gasteiger partial charge in [-0.05, 0) is 32.7 Å². The minimum atomic E-state index is -0.528. The summed E-state index contributed by atoms with van der Waals surface area (Å²) in [6.45, 7) is 4.46. The van der Waals surface area contributed by atoms with Gasteiger partial charge in [0.15, 0.2) is 0 Å². The van der Waals surface area contributed by atoms with E-state index >= 15 is 0 Å². The molecule has 0 aromatic carbocycles. The second kappa shape index (κ2) is 3.56. The number of nitrogens with one attached hydrogen (secondary N) is 1. The van der Waals surface area contributed by atoms with Gasteiger partial charge in [0.25, 0.3) is 0 Å². The van der Waals surface area contributed by atoms with Gasteiger partial charge in [0.2, 0.25) is 0 Å².